The van der Waals surface area contributed by atoms with Crippen molar-refractivity contribution < 1.29 is 4.79 Å². The van der Waals surface area contributed by atoms with E-state index in [9.17, 15) is 4.79 Å². The molecule has 0 bridgehead atoms. The summed E-state index contributed by atoms with van der Waals surface area (Å²) >= 11 is 12.3. The van der Waals surface area contributed by atoms with Crippen LogP contribution in [0.2, 0.25) is 10.2 Å². The van der Waals surface area contributed by atoms with E-state index in [1.54, 1.807) is 29.9 Å². The highest BCUT2D eigenvalue weighted by molar-refractivity contribution is 6.32. The first-order valence-corrected chi connectivity index (χ1v) is 9.53. The first-order valence-electron chi connectivity index (χ1n) is 8.78. The molecule has 30 heavy (non-hydrogen) atoms. The Morgan fingerprint density at radius 2 is 1.87 bits per heavy atom. The first kappa shape index (κ1) is 20.0. The van der Waals surface area contributed by atoms with E-state index in [1.807, 2.05) is 6.92 Å². The fourth-order valence-corrected chi connectivity index (χ4v) is 3.24. The first-order chi connectivity index (χ1) is 14.5. The topological polar surface area (TPSA) is 127 Å². The van der Waals surface area contributed by atoms with Gasteiger partial charge in [-0.3, -0.25) is 0 Å². The average Bonchev–Trinajstić information content (AvgIpc) is 3.36. The van der Waals surface area contributed by atoms with Crippen LogP contribution < -0.4 is 16.0 Å². The fourth-order valence-electron chi connectivity index (χ4n) is 2.83. The molecule has 2 amide bonds. The predicted molar refractivity (Wildman–Crippen MR) is 112 cm³/mol. The summed E-state index contributed by atoms with van der Waals surface area (Å²) in [6.07, 6.45) is 6.03. The third kappa shape index (κ3) is 3.90. The van der Waals surface area contributed by atoms with Crippen LogP contribution in [0.4, 0.5) is 16.2 Å². The molecule has 1 unspecified atom stereocenters. The minimum Gasteiger partial charge on any atom is -0.312 e. The molecule has 1 atom stereocenters. The number of rotatable bonds is 5. The van der Waals surface area contributed by atoms with E-state index in [-0.39, 0.29) is 11.1 Å². The number of carbonyl (C=O) groups excluding carboxylic acids is 1. The van der Waals surface area contributed by atoms with Crippen molar-refractivity contribution in [1.82, 2.24) is 39.9 Å². The van der Waals surface area contributed by atoms with Crippen LogP contribution in [0.15, 0.2) is 36.9 Å². The van der Waals surface area contributed by atoms with Crippen molar-refractivity contribution >= 4 is 46.3 Å². The Labute approximate surface area is 180 Å². The number of amides is 2. The van der Waals surface area contributed by atoms with Gasteiger partial charge in [-0.1, -0.05) is 23.2 Å². The standard InChI is InChI=1S/C17H16Cl2N10O/c1-9(20-2)15-12(8-21-14-6-13(19)27-28(14)15)26-17(30)25-10-5-11(18)16(22-7-10)29-23-3-4-24-29/h3-9,20H,1-2H3,(H2,25,26,30). The van der Waals surface area contributed by atoms with Gasteiger partial charge < -0.3 is 16.0 Å². The second kappa shape index (κ2) is 8.22. The van der Waals surface area contributed by atoms with E-state index in [0.29, 0.717) is 33.7 Å². The van der Waals surface area contributed by atoms with E-state index < -0.39 is 6.03 Å². The van der Waals surface area contributed by atoms with Gasteiger partial charge in [-0.15, -0.1) is 4.80 Å². The molecule has 0 spiro atoms. The number of aromatic nitrogens is 7. The van der Waals surface area contributed by atoms with Crippen LogP contribution in [-0.2, 0) is 0 Å². The van der Waals surface area contributed by atoms with Crippen LogP contribution in [-0.4, -0.2) is 47.7 Å². The molecule has 0 aliphatic rings. The molecule has 0 radical (unpaired) electrons. The maximum atomic E-state index is 12.6. The molecule has 0 saturated carbocycles. The van der Waals surface area contributed by atoms with Crippen molar-refractivity contribution in [3.8, 4) is 5.82 Å². The predicted octanol–water partition coefficient (Wildman–Crippen LogP) is 2.94. The lowest BCUT2D eigenvalue weighted by Crippen LogP contribution is -2.24. The highest BCUT2D eigenvalue weighted by Gasteiger charge is 2.18. The second-order valence-electron chi connectivity index (χ2n) is 6.23. The summed E-state index contributed by atoms with van der Waals surface area (Å²) in [6.45, 7) is 1.93. The van der Waals surface area contributed by atoms with Crippen LogP contribution in [0, 0.1) is 0 Å². The molecule has 11 nitrogen and oxygen atoms in total. The summed E-state index contributed by atoms with van der Waals surface area (Å²) in [5, 5.41) is 21.4. The Hall–Kier alpha value is -3.28. The molecule has 0 saturated heterocycles. The van der Waals surface area contributed by atoms with Gasteiger partial charge in [-0.2, -0.15) is 15.3 Å². The number of pyridine rings is 1. The van der Waals surface area contributed by atoms with Crippen molar-refractivity contribution in [2.75, 3.05) is 17.7 Å². The SMILES string of the molecule is CNC(C)c1c(NC(=O)Nc2cnc(-n3nccn3)c(Cl)c2)cnc2cc(Cl)nn12. The normalized spacial score (nSPS) is 12.1. The molecule has 0 aliphatic carbocycles. The number of urea groups is 1. The smallest absolute Gasteiger partial charge is 0.312 e. The lowest BCUT2D eigenvalue weighted by atomic mass is 10.2. The monoisotopic (exact) mass is 446 g/mol. The number of carbonyl (C=O) groups is 1. The van der Waals surface area contributed by atoms with Crippen LogP contribution in [0.3, 0.4) is 0 Å². The Morgan fingerprint density at radius 3 is 2.57 bits per heavy atom. The van der Waals surface area contributed by atoms with Crippen molar-refractivity contribution in [3.63, 3.8) is 0 Å². The van der Waals surface area contributed by atoms with Crippen LogP contribution in [0.25, 0.3) is 11.5 Å². The summed E-state index contributed by atoms with van der Waals surface area (Å²) in [5.41, 5.74) is 2.13. The van der Waals surface area contributed by atoms with Gasteiger partial charge in [0.15, 0.2) is 16.6 Å². The van der Waals surface area contributed by atoms with Gasteiger partial charge in [0, 0.05) is 12.1 Å². The number of hydrogen-bond donors (Lipinski definition) is 3. The van der Waals surface area contributed by atoms with Gasteiger partial charge in [0.25, 0.3) is 0 Å². The molecule has 4 aromatic heterocycles. The second-order valence-corrected chi connectivity index (χ2v) is 7.03. The van der Waals surface area contributed by atoms with Crippen molar-refractivity contribution in [2.45, 2.75) is 13.0 Å². The number of hydrogen-bond acceptors (Lipinski definition) is 7. The van der Waals surface area contributed by atoms with Gasteiger partial charge in [-0.25, -0.2) is 19.3 Å². The molecular weight excluding hydrogens is 431 g/mol. The molecule has 0 aliphatic heterocycles. The zero-order valence-electron chi connectivity index (χ0n) is 15.8. The average molecular weight is 447 g/mol. The Kier molecular flexibility index (Phi) is 5.48. The zero-order chi connectivity index (χ0) is 21.3. The summed E-state index contributed by atoms with van der Waals surface area (Å²) in [6, 6.07) is 2.56. The number of nitrogens with zero attached hydrogens (tertiary/aromatic N) is 7. The van der Waals surface area contributed by atoms with Crippen molar-refractivity contribution in [1.29, 1.82) is 0 Å². The van der Waals surface area contributed by atoms with E-state index in [2.05, 4.69) is 41.2 Å². The van der Waals surface area contributed by atoms with Gasteiger partial charge in [0.1, 0.15) is 0 Å². The molecule has 4 rings (SSSR count). The zero-order valence-corrected chi connectivity index (χ0v) is 17.3. The maximum absolute atomic E-state index is 12.6. The molecule has 4 aromatic rings. The van der Waals surface area contributed by atoms with E-state index in [0.717, 1.165) is 0 Å². The lowest BCUT2D eigenvalue weighted by Gasteiger charge is -2.17. The number of nitrogens with one attached hydrogen (secondary N) is 3. The molecule has 154 valence electrons. The summed E-state index contributed by atoms with van der Waals surface area (Å²) in [4.78, 5) is 22.4. The summed E-state index contributed by atoms with van der Waals surface area (Å²) in [5.74, 6) is 0.350. The molecule has 13 heteroatoms. The molecular formula is C17H16Cl2N10O. The highest BCUT2D eigenvalue weighted by atomic mass is 35.5. The van der Waals surface area contributed by atoms with Crippen LogP contribution in [0.5, 0.6) is 0 Å². The van der Waals surface area contributed by atoms with Crippen molar-refractivity contribution in [2.24, 2.45) is 0 Å². The quantitative estimate of drug-likeness (QED) is 0.429. The Morgan fingerprint density at radius 1 is 1.10 bits per heavy atom. The van der Waals surface area contributed by atoms with Gasteiger partial charge >= 0.3 is 6.03 Å². The number of fused-ring (bicyclic) bond motifs is 1. The number of halogens is 2. The largest absolute Gasteiger partial charge is 0.323 e. The minimum atomic E-state index is -0.498. The van der Waals surface area contributed by atoms with E-state index in [4.69, 9.17) is 23.2 Å². The molecule has 0 fully saturated rings. The summed E-state index contributed by atoms with van der Waals surface area (Å²) in [7, 11) is 1.80. The van der Waals surface area contributed by atoms with Gasteiger partial charge in [0.05, 0.1) is 46.9 Å². The fraction of sp³-hybridized carbons (Fsp3) is 0.176. The molecule has 3 N–H and O–H groups in total. The molecule has 4 heterocycles. The van der Waals surface area contributed by atoms with E-state index >= 15 is 0 Å². The third-order valence-corrected chi connectivity index (χ3v) is 4.73. The van der Waals surface area contributed by atoms with Crippen LogP contribution >= 0.6 is 23.2 Å². The molecule has 0 aromatic carbocycles. The van der Waals surface area contributed by atoms with Crippen molar-refractivity contribution in [3.05, 3.63) is 52.8 Å². The van der Waals surface area contributed by atoms with Gasteiger partial charge in [-0.05, 0) is 20.0 Å². The lowest BCUT2D eigenvalue weighted by molar-refractivity contribution is 0.262. The maximum Gasteiger partial charge on any atom is 0.323 e. The minimum absolute atomic E-state index is 0.140. The van der Waals surface area contributed by atoms with Crippen LogP contribution in [0.1, 0.15) is 18.7 Å². The number of anilines is 2. The summed E-state index contributed by atoms with van der Waals surface area (Å²) < 4.78 is 1.59. The van der Waals surface area contributed by atoms with E-state index in [1.165, 1.54) is 23.4 Å². The Balaban J connectivity index is 1.57. The Bertz CT molecular complexity index is 1210. The van der Waals surface area contributed by atoms with Gasteiger partial charge in [0.2, 0.25) is 0 Å². The highest BCUT2D eigenvalue weighted by Crippen LogP contribution is 2.25. The third-order valence-electron chi connectivity index (χ3n) is 4.27.